The standard InChI is InChI=1S/C33H46F2N4O3/c1-32(2,3)23-9-7-10-24(18-23)33(12-5-4-6-13-33)37-20-29(40)27(17-22-15-25(34)19-26(35)16-22)38-31(42)28-11-8-14-39(28)21-30(36)41/h7,9-10,15-16,18-19,27-29,37,40H,4-6,8,11-14,17,20-21H2,1-3H3,(H2,36,41)(H,38,42). The summed E-state index contributed by atoms with van der Waals surface area (Å²) in [5.41, 5.74) is 7.80. The number of nitrogens with one attached hydrogen (secondary N) is 2. The fourth-order valence-electron chi connectivity index (χ4n) is 6.51. The first-order valence-electron chi connectivity index (χ1n) is 15.2. The van der Waals surface area contributed by atoms with Gasteiger partial charge < -0.3 is 21.5 Å². The van der Waals surface area contributed by atoms with E-state index >= 15 is 0 Å². The fourth-order valence-corrected chi connectivity index (χ4v) is 6.51. The number of likely N-dealkylation sites (tertiary alicyclic amines) is 1. The van der Waals surface area contributed by atoms with Crippen molar-refractivity contribution in [3.05, 3.63) is 70.8 Å². The second kappa shape index (κ2) is 13.6. The van der Waals surface area contributed by atoms with Gasteiger partial charge in [0.15, 0.2) is 0 Å². The molecule has 1 saturated heterocycles. The van der Waals surface area contributed by atoms with Crippen LogP contribution >= 0.6 is 0 Å². The Bertz CT molecular complexity index is 1220. The van der Waals surface area contributed by atoms with Gasteiger partial charge in [-0.1, -0.05) is 64.3 Å². The van der Waals surface area contributed by atoms with Gasteiger partial charge in [-0.25, -0.2) is 8.78 Å². The van der Waals surface area contributed by atoms with E-state index in [1.165, 1.54) is 23.3 Å². The first-order valence-corrected chi connectivity index (χ1v) is 15.2. The van der Waals surface area contributed by atoms with Crippen molar-refractivity contribution in [2.24, 2.45) is 5.73 Å². The number of amides is 2. The maximum absolute atomic E-state index is 14.1. The molecule has 3 unspecified atom stereocenters. The number of halogens is 2. The number of carbonyl (C=O) groups excluding carboxylic acids is 2. The van der Waals surface area contributed by atoms with E-state index in [-0.39, 0.29) is 36.4 Å². The Kier molecular flexibility index (Phi) is 10.4. The van der Waals surface area contributed by atoms with Crippen LogP contribution in [0.1, 0.15) is 82.4 Å². The Morgan fingerprint density at radius 3 is 2.40 bits per heavy atom. The van der Waals surface area contributed by atoms with Crippen LogP contribution in [-0.2, 0) is 27.0 Å². The molecule has 1 saturated carbocycles. The Balaban J connectivity index is 1.56. The average molecular weight is 585 g/mol. The van der Waals surface area contributed by atoms with Crippen LogP contribution < -0.4 is 16.4 Å². The molecule has 2 aromatic rings. The van der Waals surface area contributed by atoms with Crippen LogP contribution in [0, 0.1) is 11.6 Å². The Hall–Kier alpha value is -2.88. The largest absolute Gasteiger partial charge is 0.390 e. The van der Waals surface area contributed by atoms with Crippen molar-refractivity contribution in [2.45, 2.75) is 101 Å². The van der Waals surface area contributed by atoms with Crippen LogP contribution in [0.15, 0.2) is 42.5 Å². The third-order valence-electron chi connectivity index (χ3n) is 8.83. The molecule has 2 aliphatic rings. The lowest BCUT2D eigenvalue weighted by molar-refractivity contribution is -0.128. The van der Waals surface area contributed by atoms with Crippen LogP contribution in [0.2, 0.25) is 0 Å². The lowest BCUT2D eigenvalue weighted by atomic mass is 9.74. The lowest BCUT2D eigenvalue weighted by Gasteiger charge is -2.41. The molecule has 0 spiro atoms. The number of nitrogens with zero attached hydrogens (tertiary/aromatic N) is 1. The normalized spacial score (nSPS) is 20.7. The molecular weight excluding hydrogens is 538 g/mol. The first kappa shape index (κ1) is 32.0. The molecule has 2 fully saturated rings. The number of nitrogens with two attached hydrogens (primary N) is 1. The molecule has 230 valence electrons. The number of carbonyl (C=O) groups is 2. The van der Waals surface area contributed by atoms with Gasteiger partial charge in [0.05, 0.1) is 24.7 Å². The minimum Gasteiger partial charge on any atom is -0.390 e. The van der Waals surface area contributed by atoms with Crippen molar-refractivity contribution in [1.82, 2.24) is 15.5 Å². The van der Waals surface area contributed by atoms with Crippen LogP contribution in [0.5, 0.6) is 0 Å². The van der Waals surface area contributed by atoms with Crippen molar-refractivity contribution in [3.8, 4) is 0 Å². The second-order valence-electron chi connectivity index (χ2n) is 13.1. The van der Waals surface area contributed by atoms with Crippen LogP contribution in [0.3, 0.4) is 0 Å². The molecule has 9 heteroatoms. The fraction of sp³-hybridized carbons (Fsp3) is 0.576. The van der Waals surface area contributed by atoms with Crippen molar-refractivity contribution in [1.29, 1.82) is 0 Å². The van der Waals surface area contributed by atoms with Gasteiger partial charge in [0.1, 0.15) is 11.6 Å². The summed E-state index contributed by atoms with van der Waals surface area (Å²) in [6, 6.07) is 10.5. The highest BCUT2D eigenvalue weighted by Gasteiger charge is 2.37. The van der Waals surface area contributed by atoms with Crippen LogP contribution in [0.25, 0.3) is 0 Å². The summed E-state index contributed by atoms with van der Waals surface area (Å²) >= 11 is 0. The van der Waals surface area contributed by atoms with E-state index in [0.29, 0.717) is 18.5 Å². The summed E-state index contributed by atoms with van der Waals surface area (Å²) in [6.45, 7) is 7.29. The number of aliphatic hydroxyl groups is 1. The van der Waals surface area contributed by atoms with E-state index in [2.05, 4.69) is 55.7 Å². The van der Waals surface area contributed by atoms with Crippen LogP contribution in [0.4, 0.5) is 8.78 Å². The highest BCUT2D eigenvalue weighted by molar-refractivity contribution is 5.84. The van der Waals surface area contributed by atoms with E-state index < -0.39 is 35.7 Å². The molecule has 1 aliphatic carbocycles. The van der Waals surface area contributed by atoms with Crippen molar-refractivity contribution in [3.63, 3.8) is 0 Å². The van der Waals surface area contributed by atoms with Gasteiger partial charge in [-0.3, -0.25) is 14.5 Å². The van der Waals surface area contributed by atoms with Gasteiger partial charge >= 0.3 is 0 Å². The van der Waals surface area contributed by atoms with Gasteiger partial charge in [0, 0.05) is 18.2 Å². The zero-order valence-corrected chi connectivity index (χ0v) is 25.1. The topological polar surface area (TPSA) is 108 Å². The molecule has 1 heterocycles. The van der Waals surface area contributed by atoms with Gasteiger partial charge in [-0.05, 0) is 72.9 Å². The van der Waals surface area contributed by atoms with Gasteiger partial charge in [-0.2, -0.15) is 0 Å². The molecule has 5 N–H and O–H groups in total. The SMILES string of the molecule is CC(C)(C)c1cccc(C2(NCC(O)C(Cc3cc(F)cc(F)c3)NC(=O)C3CCCN3CC(N)=O)CCCCC2)c1. The molecule has 0 aromatic heterocycles. The van der Waals surface area contributed by atoms with Gasteiger partial charge in [-0.15, -0.1) is 0 Å². The van der Waals surface area contributed by atoms with Gasteiger partial charge in [0.25, 0.3) is 0 Å². The van der Waals surface area contributed by atoms with Crippen molar-refractivity contribution in [2.75, 3.05) is 19.6 Å². The predicted molar refractivity (Wildman–Crippen MR) is 160 cm³/mol. The van der Waals surface area contributed by atoms with Crippen molar-refractivity contribution >= 4 is 11.8 Å². The minimum atomic E-state index is -1.05. The number of aliphatic hydroxyl groups excluding tert-OH is 1. The third-order valence-corrected chi connectivity index (χ3v) is 8.83. The quantitative estimate of drug-likeness (QED) is 0.319. The third kappa shape index (κ3) is 8.14. The second-order valence-corrected chi connectivity index (χ2v) is 13.1. The Labute approximate surface area is 248 Å². The van der Waals surface area contributed by atoms with E-state index in [1.54, 1.807) is 4.90 Å². The molecule has 2 aromatic carbocycles. The molecule has 0 radical (unpaired) electrons. The number of hydrogen-bond donors (Lipinski definition) is 4. The average Bonchev–Trinajstić information content (AvgIpc) is 3.38. The molecule has 7 nitrogen and oxygen atoms in total. The smallest absolute Gasteiger partial charge is 0.237 e. The zero-order valence-electron chi connectivity index (χ0n) is 25.1. The number of benzene rings is 2. The highest BCUT2D eigenvalue weighted by Crippen LogP contribution is 2.38. The molecular formula is C33H46F2N4O3. The summed E-state index contributed by atoms with van der Waals surface area (Å²) in [7, 11) is 0. The maximum Gasteiger partial charge on any atom is 0.237 e. The summed E-state index contributed by atoms with van der Waals surface area (Å²) < 4.78 is 28.1. The predicted octanol–water partition coefficient (Wildman–Crippen LogP) is 4.05. The summed E-state index contributed by atoms with van der Waals surface area (Å²) in [4.78, 5) is 26.7. The van der Waals surface area contributed by atoms with E-state index in [1.807, 2.05) is 0 Å². The van der Waals surface area contributed by atoms with Crippen LogP contribution in [-0.4, -0.2) is 59.6 Å². The molecule has 4 rings (SSSR count). The van der Waals surface area contributed by atoms with E-state index in [4.69, 9.17) is 5.73 Å². The number of hydrogen-bond acceptors (Lipinski definition) is 5. The molecule has 3 atom stereocenters. The number of rotatable bonds is 11. The lowest BCUT2D eigenvalue weighted by Crippen LogP contribution is -2.56. The minimum absolute atomic E-state index is 0.0103. The van der Waals surface area contributed by atoms with E-state index in [0.717, 1.165) is 44.6 Å². The molecule has 2 amide bonds. The highest BCUT2D eigenvalue weighted by atomic mass is 19.1. The molecule has 0 bridgehead atoms. The van der Waals surface area contributed by atoms with Crippen molar-refractivity contribution < 1.29 is 23.5 Å². The Morgan fingerprint density at radius 1 is 1.07 bits per heavy atom. The maximum atomic E-state index is 14.1. The summed E-state index contributed by atoms with van der Waals surface area (Å²) in [5.74, 6) is -2.28. The van der Waals surface area contributed by atoms with E-state index in [9.17, 15) is 23.5 Å². The van der Waals surface area contributed by atoms with Gasteiger partial charge in [0.2, 0.25) is 11.8 Å². The zero-order chi connectivity index (χ0) is 30.5. The summed E-state index contributed by atoms with van der Waals surface area (Å²) in [5, 5.41) is 18.2. The molecule has 1 aliphatic heterocycles. The summed E-state index contributed by atoms with van der Waals surface area (Å²) in [6.07, 6.45) is 5.40. The molecule has 42 heavy (non-hydrogen) atoms. The monoisotopic (exact) mass is 584 g/mol. The number of primary amides is 1. The first-order chi connectivity index (χ1) is 19.9. The Morgan fingerprint density at radius 2 is 1.76 bits per heavy atom.